The molecule has 0 N–H and O–H groups in total. The van der Waals surface area contributed by atoms with Gasteiger partial charge in [0.25, 0.3) is 0 Å². The summed E-state index contributed by atoms with van der Waals surface area (Å²) in [5, 5.41) is 0. The zero-order chi connectivity index (χ0) is 27.2. The SMILES string of the molecule is [Cl][Hf]([Cl])([CH]1C(c2ccccc2)=Cc2ccccc21)[C]1(Cc2ccccc2)C(c2ccccc2)=Cc2ccccc21. The molecule has 0 fully saturated rings. The zero-order valence-electron chi connectivity index (χ0n) is 22.0. The Morgan fingerprint density at radius 1 is 0.550 bits per heavy atom. The van der Waals surface area contributed by atoms with Gasteiger partial charge >= 0.3 is 250 Å². The molecule has 0 radical (unpaired) electrons. The van der Waals surface area contributed by atoms with E-state index in [1.54, 1.807) is 0 Å². The van der Waals surface area contributed by atoms with E-state index in [9.17, 15) is 0 Å². The second-order valence-electron chi connectivity index (χ2n) is 10.7. The molecule has 0 amide bonds. The first-order valence-electron chi connectivity index (χ1n) is 13.7. The molecule has 2 aliphatic rings. The molecule has 2 atom stereocenters. The van der Waals surface area contributed by atoms with Crippen molar-refractivity contribution in [2.45, 2.75) is 13.3 Å². The first kappa shape index (κ1) is 26.0. The van der Waals surface area contributed by atoms with Crippen molar-refractivity contribution < 1.29 is 17.6 Å². The third kappa shape index (κ3) is 4.14. The number of halogens is 2. The van der Waals surface area contributed by atoms with Gasteiger partial charge in [-0.25, -0.2) is 0 Å². The van der Waals surface area contributed by atoms with Gasteiger partial charge in [-0.2, -0.15) is 0 Å². The molecular weight excluding hydrogens is 694 g/mol. The Kier molecular flexibility index (Phi) is 6.79. The van der Waals surface area contributed by atoms with Gasteiger partial charge in [0.05, 0.1) is 0 Å². The van der Waals surface area contributed by atoms with Crippen molar-refractivity contribution in [3.05, 3.63) is 178 Å². The van der Waals surface area contributed by atoms with Crippen LogP contribution in [0.15, 0.2) is 140 Å². The van der Waals surface area contributed by atoms with E-state index in [2.05, 4.69) is 152 Å². The van der Waals surface area contributed by atoms with Crippen LogP contribution in [0.3, 0.4) is 0 Å². The van der Waals surface area contributed by atoms with E-state index in [1.165, 1.54) is 50.1 Å². The average Bonchev–Trinajstić information content (AvgIpc) is 3.57. The van der Waals surface area contributed by atoms with Crippen LogP contribution in [0.1, 0.15) is 42.6 Å². The molecule has 2 aliphatic carbocycles. The molecule has 40 heavy (non-hydrogen) atoms. The van der Waals surface area contributed by atoms with Crippen molar-refractivity contribution in [3.63, 3.8) is 0 Å². The summed E-state index contributed by atoms with van der Waals surface area (Å²) in [7, 11) is 16.6. The molecule has 2 unspecified atom stereocenters. The Labute approximate surface area is 248 Å². The van der Waals surface area contributed by atoms with Gasteiger partial charge in [0.2, 0.25) is 0 Å². The number of hydrogen-bond acceptors (Lipinski definition) is 0. The van der Waals surface area contributed by atoms with Crippen molar-refractivity contribution in [1.82, 2.24) is 0 Å². The minimum absolute atomic E-state index is 0.0311. The summed E-state index contributed by atoms with van der Waals surface area (Å²) in [5.74, 6) is 0. The Morgan fingerprint density at radius 2 is 1.10 bits per heavy atom. The van der Waals surface area contributed by atoms with E-state index in [-0.39, 0.29) is 3.67 Å². The molecule has 5 aromatic rings. The molecule has 0 saturated heterocycles. The summed E-state index contributed by atoms with van der Waals surface area (Å²) in [6, 6.07) is 49.6. The molecule has 194 valence electrons. The number of benzene rings is 5. The summed E-state index contributed by atoms with van der Waals surface area (Å²) < 4.78 is -0.540. The van der Waals surface area contributed by atoms with Gasteiger partial charge in [-0.15, -0.1) is 0 Å². The predicted octanol–water partition coefficient (Wildman–Crippen LogP) is 10.4. The summed E-state index contributed by atoms with van der Waals surface area (Å²) >= 11 is -4.62. The van der Waals surface area contributed by atoms with Crippen LogP contribution in [0.5, 0.6) is 0 Å². The van der Waals surface area contributed by atoms with Crippen LogP contribution in [0.4, 0.5) is 0 Å². The van der Waals surface area contributed by atoms with E-state index >= 15 is 0 Å². The maximum atomic E-state index is 8.31. The number of fused-ring (bicyclic) bond motifs is 2. The fourth-order valence-electron chi connectivity index (χ4n) is 6.79. The van der Waals surface area contributed by atoms with Crippen LogP contribution in [0, 0.1) is 0 Å². The average molecular weight is 722 g/mol. The topological polar surface area (TPSA) is 0 Å². The fraction of sp³-hybridized carbons (Fsp3) is 0.0811. The summed E-state index contributed by atoms with van der Waals surface area (Å²) in [6.07, 6.45) is 5.46. The molecule has 0 heterocycles. The van der Waals surface area contributed by atoms with Gasteiger partial charge in [0.1, 0.15) is 0 Å². The van der Waals surface area contributed by atoms with Gasteiger partial charge in [0, 0.05) is 0 Å². The van der Waals surface area contributed by atoms with Crippen LogP contribution < -0.4 is 0 Å². The normalized spacial score (nSPS) is 19.5. The van der Waals surface area contributed by atoms with E-state index in [0.717, 1.165) is 6.42 Å². The number of hydrogen-bond donors (Lipinski definition) is 0. The third-order valence-electron chi connectivity index (χ3n) is 8.54. The zero-order valence-corrected chi connectivity index (χ0v) is 27.1. The fourth-order valence-corrected chi connectivity index (χ4v) is 27.2. The van der Waals surface area contributed by atoms with Gasteiger partial charge in [-0.05, 0) is 0 Å². The maximum absolute atomic E-state index is 8.31. The standard InChI is InChI=1S/C22H17.C15H11.2ClH.Hf/c1-3-9-17(10-4-1)15-22-20-14-8-7-13-19(20)16-21(22)18-11-5-2-6-12-18;1-2-6-12(7-3-1)15-10-13-8-4-5-9-14(13)11-15;;;/h1-14,16H,15H2;1-11H;2*1H;/q;;;;+2/p-2. The van der Waals surface area contributed by atoms with Crippen molar-refractivity contribution in [2.75, 3.05) is 0 Å². The number of allylic oxidation sites excluding steroid dienone is 2. The molecule has 0 nitrogen and oxygen atoms in total. The van der Waals surface area contributed by atoms with E-state index in [4.69, 9.17) is 17.2 Å². The van der Waals surface area contributed by atoms with Crippen LogP contribution in [-0.4, -0.2) is 0 Å². The van der Waals surface area contributed by atoms with Crippen molar-refractivity contribution in [1.29, 1.82) is 0 Å². The third-order valence-corrected chi connectivity index (χ3v) is 28.9. The van der Waals surface area contributed by atoms with E-state index < -0.39 is 20.8 Å². The molecular formula is C37H28Cl2Hf. The summed E-state index contributed by atoms with van der Waals surface area (Å²) in [5.41, 5.74) is 11.1. The van der Waals surface area contributed by atoms with Crippen LogP contribution in [0.25, 0.3) is 23.3 Å². The Hall–Kier alpha value is -2.97. The molecule has 0 bridgehead atoms. The van der Waals surface area contributed by atoms with Gasteiger partial charge < -0.3 is 0 Å². The second-order valence-corrected chi connectivity index (χ2v) is 31.7. The minimum atomic E-state index is -4.62. The van der Waals surface area contributed by atoms with Crippen molar-refractivity contribution >= 4 is 40.5 Å². The van der Waals surface area contributed by atoms with Gasteiger partial charge in [-0.3, -0.25) is 0 Å². The van der Waals surface area contributed by atoms with Crippen molar-refractivity contribution in [2.24, 2.45) is 0 Å². The van der Waals surface area contributed by atoms with Crippen LogP contribution in [0.2, 0.25) is 0 Å². The van der Waals surface area contributed by atoms with E-state index in [1.807, 2.05) is 0 Å². The molecule has 7 rings (SSSR count). The first-order valence-corrected chi connectivity index (χ1v) is 26.5. The molecule has 0 saturated carbocycles. The monoisotopic (exact) mass is 722 g/mol. The molecule has 5 aromatic carbocycles. The summed E-state index contributed by atoms with van der Waals surface area (Å²) in [4.78, 5) is 0. The molecule has 3 heteroatoms. The van der Waals surface area contributed by atoms with Gasteiger partial charge in [-0.1, -0.05) is 0 Å². The first-order chi connectivity index (χ1) is 19.6. The van der Waals surface area contributed by atoms with E-state index in [0.29, 0.717) is 0 Å². The predicted molar refractivity (Wildman–Crippen MR) is 168 cm³/mol. The Bertz CT molecular complexity index is 1740. The van der Waals surface area contributed by atoms with Gasteiger partial charge in [0.15, 0.2) is 0 Å². The molecule has 0 spiro atoms. The molecule has 0 aliphatic heterocycles. The van der Waals surface area contributed by atoms with Crippen LogP contribution in [-0.2, 0) is 27.2 Å². The second kappa shape index (κ2) is 10.5. The number of rotatable bonds is 6. The molecule has 0 aromatic heterocycles. The summed E-state index contributed by atoms with van der Waals surface area (Å²) in [6.45, 7) is 0. The quantitative estimate of drug-likeness (QED) is 0.153. The Morgan fingerprint density at radius 3 is 1.80 bits per heavy atom. The Balaban J connectivity index is 1.53. The van der Waals surface area contributed by atoms with Crippen molar-refractivity contribution in [3.8, 4) is 0 Å². The van der Waals surface area contributed by atoms with Crippen LogP contribution >= 0.6 is 17.2 Å².